The fourth-order valence-corrected chi connectivity index (χ4v) is 3.11. The summed E-state index contributed by atoms with van der Waals surface area (Å²) in [5.74, 6) is -1.15. The predicted octanol–water partition coefficient (Wildman–Crippen LogP) is 0.417. The Morgan fingerprint density at radius 2 is 2.00 bits per heavy atom. The van der Waals surface area contributed by atoms with E-state index in [2.05, 4.69) is 9.62 Å². The van der Waals surface area contributed by atoms with Crippen molar-refractivity contribution < 1.29 is 23.1 Å². The molecule has 0 aliphatic carbocycles. The molecule has 9 heteroatoms. The summed E-state index contributed by atoms with van der Waals surface area (Å²) in [7, 11) is -3.69. The topological polar surface area (TPSA) is 95.9 Å². The summed E-state index contributed by atoms with van der Waals surface area (Å²) < 4.78 is 31.9. The van der Waals surface area contributed by atoms with Gasteiger partial charge in [-0.05, 0) is 18.2 Å². The zero-order chi connectivity index (χ0) is 15.3. The number of morpholine rings is 1. The number of hydrogen-bond acceptors (Lipinski definition) is 5. The zero-order valence-electron chi connectivity index (χ0n) is 11.9. The molecule has 0 radical (unpaired) electrons. The van der Waals surface area contributed by atoms with Crippen molar-refractivity contribution in [2.24, 2.45) is 0 Å². The molecular weight excluding hydrogens is 332 g/mol. The first-order valence-corrected chi connectivity index (χ1v) is 8.10. The Morgan fingerprint density at radius 3 is 2.64 bits per heavy atom. The van der Waals surface area contributed by atoms with E-state index in [0.717, 1.165) is 19.2 Å². The third-order valence-electron chi connectivity index (χ3n) is 3.22. The van der Waals surface area contributed by atoms with Gasteiger partial charge in [0.15, 0.2) is 0 Å². The van der Waals surface area contributed by atoms with Crippen LogP contribution in [0, 0.1) is 0 Å². The first kappa shape index (κ1) is 18.9. The molecule has 1 saturated heterocycles. The molecule has 1 aliphatic rings. The molecular formula is C13H19ClN2O5S. The fraction of sp³-hybridized carbons (Fsp3) is 0.462. The summed E-state index contributed by atoms with van der Waals surface area (Å²) >= 11 is 0. The summed E-state index contributed by atoms with van der Waals surface area (Å²) in [5, 5.41) is 8.89. The van der Waals surface area contributed by atoms with Gasteiger partial charge in [-0.25, -0.2) is 17.9 Å². The van der Waals surface area contributed by atoms with E-state index in [-0.39, 0.29) is 29.4 Å². The number of rotatable bonds is 6. The predicted molar refractivity (Wildman–Crippen MR) is 83.1 cm³/mol. The highest BCUT2D eigenvalue weighted by Crippen LogP contribution is 2.11. The summed E-state index contributed by atoms with van der Waals surface area (Å²) in [6.45, 7) is 3.77. The summed E-state index contributed by atoms with van der Waals surface area (Å²) in [6.07, 6.45) is 0. The summed E-state index contributed by atoms with van der Waals surface area (Å²) in [6, 6.07) is 5.30. The van der Waals surface area contributed by atoms with Crippen LogP contribution in [-0.4, -0.2) is 63.8 Å². The van der Waals surface area contributed by atoms with Gasteiger partial charge in [0.05, 0.1) is 23.7 Å². The molecule has 0 atom stereocenters. The van der Waals surface area contributed by atoms with E-state index < -0.39 is 16.0 Å². The Kier molecular flexibility index (Phi) is 7.24. The largest absolute Gasteiger partial charge is 0.478 e. The van der Waals surface area contributed by atoms with Gasteiger partial charge in [-0.2, -0.15) is 0 Å². The normalized spacial score (nSPS) is 16.0. The molecule has 1 aliphatic heterocycles. The van der Waals surface area contributed by atoms with Gasteiger partial charge in [-0.15, -0.1) is 12.4 Å². The molecule has 1 aromatic carbocycles. The molecule has 2 N–H and O–H groups in total. The lowest BCUT2D eigenvalue weighted by Gasteiger charge is -2.26. The van der Waals surface area contributed by atoms with Crippen molar-refractivity contribution in [1.29, 1.82) is 0 Å². The van der Waals surface area contributed by atoms with Crippen LogP contribution in [0.3, 0.4) is 0 Å². The summed E-state index contributed by atoms with van der Waals surface area (Å²) in [4.78, 5) is 12.9. The van der Waals surface area contributed by atoms with Crippen molar-refractivity contribution in [3.05, 3.63) is 29.8 Å². The van der Waals surface area contributed by atoms with Crippen molar-refractivity contribution in [1.82, 2.24) is 9.62 Å². The second-order valence-corrected chi connectivity index (χ2v) is 6.45. The van der Waals surface area contributed by atoms with Crippen molar-refractivity contribution in [3.8, 4) is 0 Å². The highest BCUT2D eigenvalue weighted by molar-refractivity contribution is 7.89. The first-order valence-electron chi connectivity index (χ1n) is 6.62. The molecule has 7 nitrogen and oxygen atoms in total. The molecule has 1 heterocycles. The van der Waals surface area contributed by atoms with Crippen LogP contribution < -0.4 is 4.72 Å². The molecule has 22 heavy (non-hydrogen) atoms. The van der Waals surface area contributed by atoms with Crippen molar-refractivity contribution in [3.63, 3.8) is 0 Å². The van der Waals surface area contributed by atoms with Crippen LogP contribution in [-0.2, 0) is 14.8 Å². The van der Waals surface area contributed by atoms with Gasteiger partial charge in [-0.3, -0.25) is 4.90 Å². The smallest absolute Gasteiger partial charge is 0.335 e. The first-order chi connectivity index (χ1) is 9.99. The maximum absolute atomic E-state index is 12.1. The molecule has 1 aromatic rings. The molecule has 1 fully saturated rings. The minimum atomic E-state index is -3.69. The number of carbonyl (C=O) groups is 1. The number of hydrogen-bond donors (Lipinski definition) is 2. The van der Waals surface area contributed by atoms with E-state index in [4.69, 9.17) is 9.84 Å². The average molecular weight is 351 g/mol. The van der Waals surface area contributed by atoms with Crippen LogP contribution in [0.15, 0.2) is 29.2 Å². The number of ether oxygens (including phenoxy) is 1. The number of benzene rings is 1. The van der Waals surface area contributed by atoms with E-state index in [9.17, 15) is 13.2 Å². The molecule has 2 rings (SSSR count). The van der Waals surface area contributed by atoms with Gasteiger partial charge in [0.25, 0.3) is 0 Å². The quantitative estimate of drug-likeness (QED) is 0.771. The number of nitrogens with zero attached hydrogens (tertiary/aromatic N) is 1. The number of aromatic carboxylic acids is 1. The summed E-state index contributed by atoms with van der Waals surface area (Å²) in [5.41, 5.74) is -0.0499. The van der Waals surface area contributed by atoms with Gasteiger partial charge < -0.3 is 9.84 Å². The number of nitrogens with one attached hydrogen (secondary N) is 1. The van der Waals surface area contributed by atoms with Gasteiger partial charge in [0, 0.05) is 26.2 Å². The van der Waals surface area contributed by atoms with E-state index in [1.807, 2.05) is 0 Å². The molecule has 0 aromatic heterocycles. The SMILES string of the molecule is Cl.O=C(O)c1cccc(S(=O)(=O)NCCN2CCOCC2)c1. The van der Waals surface area contributed by atoms with Crippen molar-refractivity contribution in [2.75, 3.05) is 39.4 Å². The van der Waals surface area contributed by atoms with Crippen LogP contribution in [0.5, 0.6) is 0 Å². The molecule has 0 saturated carbocycles. The standard InChI is InChI=1S/C13H18N2O5S.ClH/c16-13(17)11-2-1-3-12(10-11)21(18,19)14-4-5-15-6-8-20-9-7-15;/h1-3,10,14H,4-9H2,(H,16,17);1H. The third kappa shape index (κ3) is 5.22. The Labute approximate surface area is 135 Å². The lowest BCUT2D eigenvalue weighted by Crippen LogP contribution is -2.41. The van der Waals surface area contributed by atoms with Crippen LogP contribution in [0.2, 0.25) is 0 Å². The van der Waals surface area contributed by atoms with E-state index in [1.165, 1.54) is 18.2 Å². The zero-order valence-corrected chi connectivity index (χ0v) is 13.5. The Balaban J connectivity index is 0.00000242. The number of halogens is 1. The Hall–Kier alpha value is -1.19. The van der Waals surface area contributed by atoms with E-state index >= 15 is 0 Å². The monoisotopic (exact) mass is 350 g/mol. The third-order valence-corrected chi connectivity index (χ3v) is 4.67. The minimum Gasteiger partial charge on any atom is -0.478 e. The average Bonchev–Trinajstić information content (AvgIpc) is 2.48. The van der Waals surface area contributed by atoms with Crippen LogP contribution in [0.25, 0.3) is 0 Å². The lowest BCUT2D eigenvalue weighted by molar-refractivity contribution is 0.0390. The van der Waals surface area contributed by atoms with E-state index in [1.54, 1.807) is 0 Å². The highest BCUT2D eigenvalue weighted by atomic mass is 35.5. The van der Waals surface area contributed by atoms with Gasteiger partial charge in [-0.1, -0.05) is 6.07 Å². The second kappa shape index (κ2) is 8.44. The van der Waals surface area contributed by atoms with Crippen LogP contribution >= 0.6 is 12.4 Å². The molecule has 0 unspecified atom stereocenters. The molecule has 0 spiro atoms. The minimum absolute atomic E-state index is 0. The van der Waals surface area contributed by atoms with Crippen LogP contribution in [0.4, 0.5) is 0 Å². The maximum Gasteiger partial charge on any atom is 0.335 e. The second-order valence-electron chi connectivity index (χ2n) is 4.68. The van der Waals surface area contributed by atoms with E-state index in [0.29, 0.717) is 19.8 Å². The van der Waals surface area contributed by atoms with Gasteiger partial charge in [0.1, 0.15) is 0 Å². The Bertz CT molecular complexity index is 602. The number of carboxylic acids is 1. The van der Waals surface area contributed by atoms with Crippen molar-refractivity contribution >= 4 is 28.4 Å². The molecule has 124 valence electrons. The molecule has 0 bridgehead atoms. The number of sulfonamides is 1. The highest BCUT2D eigenvalue weighted by Gasteiger charge is 2.17. The lowest BCUT2D eigenvalue weighted by atomic mass is 10.2. The number of carboxylic acid groups (broad SMARTS) is 1. The van der Waals surface area contributed by atoms with Gasteiger partial charge in [0.2, 0.25) is 10.0 Å². The maximum atomic E-state index is 12.1. The van der Waals surface area contributed by atoms with Crippen LogP contribution in [0.1, 0.15) is 10.4 Å². The Morgan fingerprint density at radius 1 is 1.32 bits per heavy atom. The van der Waals surface area contributed by atoms with Crippen molar-refractivity contribution in [2.45, 2.75) is 4.90 Å². The van der Waals surface area contributed by atoms with Gasteiger partial charge >= 0.3 is 5.97 Å². The fourth-order valence-electron chi connectivity index (χ4n) is 2.04. The molecule has 0 amide bonds.